The molecular weight excluding hydrogens is 288 g/mol. The Morgan fingerprint density at radius 2 is 1.67 bits per heavy atom. The van der Waals surface area contributed by atoms with E-state index in [1.165, 1.54) is 24.3 Å². The minimum absolute atomic E-state index is 0.150. The van der Waals surface area contributed by atoms with Crippen molar-refractivity contribution in [1.82, 2.24) is 0 Å². The lowest BCUT2D eigenvalue weighted by Gasteiger charge is -2.13. The van der Waals surface area contributed by atoms with Crippen molar-refractivity contribution in [3.63, 3.8) is 0 Å². The zero-order chi connectivity index (χ0) is 15.5. The van der Waals surface area contributed by atoms with Gasteiger partial charge in [0.05, 0.1) is 5.56 Å². The molecule has 0 saturated carbocycles. The fraction of sp³-hybridized carbons (Fsp3) is 0.133. The summed E-state index contributed by atoms with van der Waals surface area (Å²) in [5.41, 5.74) is -0.784. The number of benzene rings is 2. The van der Waals surface area contributed by atoms with Gasteiger partial charge in [0, 0.05) is 0 Å². The van der Waals surface area contributed by atoms with Crippen molar-refractivity contribution in [2.45, 2.75) is 12.3 Å². The fourth-order valence-electron chi connectivity index (χ4n) is 1.67. The number of alkyl halides is 4. The standard InChI is InChI=1S/C15H10F4O2/c16-13(15(17,18)19)10-5-4-6-11(9-10)14(20)21-12-7-2-1-3-8-12/h1-9,13H. The molecule has 2 aromatic rings. The monoisotopic (exact) mass is 298 g/mol. The van der Waals surface area contributed by atoms with Crippen molar-refractivity contribution in [1.29, 1.82) is 0 Å². The van der Waals surface area contributed by atoms with Crippen LogP contribution in [-0.4, -0.2) is 12.1 Å². The van der Waals surface area contributed by atoms with Crippen LogP contribution in [0, 0.1) is 0 Å². The number of carbonyl (C=O) groups excluding carboxylic acids is 1. The summed E-state index contributed by atoms with van der Waals surface area (Å²) in [4.78, 5) is 11.8. The highest BCUT2D eigenvalue weighted by molar-refractivity contribution is 5.91. The summed E-state index contributed by atoms with van der Waals surface area (Å²) in [6, 6.07) is 12.3. The van der Waals surface area contributed by atoms with Crippen LogP contribution < -0.4 is 4.74 Å². The number of rotatable bonds is 3. The molecule has 0 radical (unpaired) electrons. The molecule has 6 heteroatoms. The van der Waals surface area contributed by atoms with Crippen LogP contribution in [0.15, 0.2) is 54.6 Å². The molecule has 0 saturated heterocycles. The van der Waals surface area contributed by atoms with Gasteiger partial charge in [-0.1, -0.05) is 30.3 Å². The van der Waals surface area contributed by atoms with Crippen molar-refractivity contribution < 1.29 is 27.1 Å². The molecule has 0 aliphatic heterocycles. The highest BCUT2D eigenvalue weighted by Crippen LogP contribution is 2.36. The first-order valence-corrected chi connectivity index (χ1v) is 5.96. The number of hydrogen-bond acceptors (Lipinski definition) is 2. The van der Waals surface area contributed by atoms with E-state index in [2.05, 4.69) is 0 Å². The average molecular weight is 298 g/mol. The first-order valence-electron chi connectivity index (χ1n) is 5.96. The van der Waals surface area contributed by atoms with Crippen LogP contribution in [0.1, 0.15) is 22.1 Å². The summed E-state index contributed by atoms with van der Waals surface area (Å²) in [5, 5.41) is 0. The number of para-hydroxylation sites is 1. The van der Waals surface area contributed by atoms with Gasteiger partial charge in [0.15, 0.2) is 0 Å². The lowest BCUT2D eigenvalue weighted by atomic mass is 10.1. The largest absolute Gasteiger partial charge is 0.423 e. The zero-order valence-electron chi connectivity index (χ0n) is 10.6. The van der Waals surface area contributed by atoms with E-state index in [1.807, 2.05) is 0 Å². The summed E-state index contributed by atoms with van der Waals surface area (Å²) in [7, 11) is 0. The molecule has 2 nitrogen and oxygen atoms in total. The van der Waals surface area contributed by atoms with E-state index >= 15 is 0 Å². The second-order valence-corrected chi connectivity index (χ2v) is 4.23. The molecular formula is C15H10F4O2. The fourth-order valence-corrected chi connectivity index (χ4v) is 1.67. The maximum Gasteiger partial charge on any atom is 0.423 e. The Balaban J connectivity index is 2.19. The van der Waals surface area contributed by atoms with E-state index in [0.29, 0.717) is 0 Å². The number of hydrogen-bond donors (Lipinski definition) is 0. The third-order valence-corrected chi connectivity index (χ3v) is 2.66. The summed E-state index contributed by atoms with van der Waals surface area (Å²) in [5.74, 6) is -0.599. The predicted octanol–water partition coefficient (Wildman–Crippen LogP) is 4.48. The molecule has 0 aromatic heterocycles. The van der Waals surface area contributed by atoms with Gasteiger partial charge in [-0.25, -0.2) is 9.18 Å². The van der Waals surface area contributed by atoms with Crippen LogP contribution in [0.3, 0.4) is 0 Å². The van der Waals surface area contributed by atoms with Crippen LogP contribution in [0.2, 0.25) is 0 Å². The maximum absolute atomic E-state index is 13.2. The van der Waals surface area contributed by atoms with Crippen LogP contribution in [0.5, 0.6) is 5.75 Å². The van der Waals surface area contributed by atoms with Crippen molar-refractivity contribution in [3.8, 4) is 5.75 Å². The maximum atomic E-state index is 13.2. The van der Waals surface area contributed by atoms with E-state index < -0.39 is 23.9 Å². The summed E-state index contributed by atoms with van der Waals surface area (Å²) >= 11 is 0. The topological polar surface area (TPSA) is 26.3 Å². The number of ether oxygens (including phenoxy) is 1. The number of halogens is 4. The van der Waals surface area contributed by atoms with E-state index in [4.69, 9.17) is 4.74 Å². The Morgan fingerprint density at radius 1 is 1.00 bits per heavy atom. The minimum Gasteiger partial charge on any atom is -0.423 e. The highest BCUT2D eigenvalue weighted by Gasteiger charge is 2.41. The molecule has 2 aromatic carbocycles. The van der Waals surface area contributed by atoms with Crippen molar-refractivity contribution in [2.24, 2.45) is 0 Å². The van der Waals surface area contributed by atoms with Gasteiger partial charge in [-0.05, 0) is 29.8 Å². The molecule has 21 heavy (non-hydrogen) atoms. The average Bonchev–Trinajstić information content (AvgIpc) is 2.46. The number of carbonyl (C=O) groups is 1. The van der Waals surface area contributed by atoms with E-state index in [0.717, 1.165) is 12.1 Å². The summed E-state index contributed by atoms with van der Waals surface area (Å²) in [6.07, 6.45) is -8.15. The molecule has 110 valence electrons. The second kappa shape index (κ2) is 5.95. The normalized spacial score (nSPS) is 12.8. The van der Waals surface area contributed by atoms with Crippen LogP contribution in [0.25, 0.3) is 0 Å². The third kappa shape index (κ3) is 3.81. The Bertz CT molecular complexity index is 623. The Hall–Kier alpha value is -2.37. The van der Waals surface area contributed by atoms with Gasteiger partial charge in [0.2, 0.25) is 6.17 Å². The SMILES string of the molecule is O=C(Oc1ccccc1)c1cccc(C(F)C(F)(F)F)c1. The molecule has 0 amide bonds. The van der Waals surface area contributed by atoms with Gasteiger partial charge < -0.3 is 4.74 Å². The molecule has 0 aliphatic rings. The molecule has 1 unspecified atom stereocenters. The molecule has 0 fully saturated rings. The summed E-state index contributed by atoms with van der Waals surface area (Å²) < 4.78 is 55.2. The predicted molar refractivity (Wildman–Crippen MR) is 67.7 cm³/mol. The Labute approximate surface area is 118 Å². The van der Waals surface area contributed by atoms with E-state index in [9.17, 15) is 22.4 Å². The lowest BCUT2D eigenvalue weighted by Crippen LogP contribution is -2.17. The lowest BCUT2D eigenvalue weighted by molar-refractivity contribution is -0.182. The Kier molecular flexibility index (Phi) is 4.26. The first-order chi connectivity index (χ1) is 9.88. The van der Waals surface area contributed by atoms with Crippen LogP contribution in [0.4, 0.5) is 17.6 Å². The van der Waals surface area contributed by atoms with Crippen LogP contribution in [-0.2, 0) is 0 Å². The van der Waals surface area contributed by atoms with Gasteiger partial charge in [0.1, 0.15) is 5.75 Å². The smallest absolute Gasteiger partial charge is 0.423 e. The quantitative estimate of drug-likeness (QED) is 0.474. The molecule has 0 aliphatic carbocycles. The van der Waals surface area contributed by atoms with Gasteiger partial charge >= 0.3 is 12.1 Å². The van der Waals surface area contributed by atoms with Gasteiger partial charge in [-0.2, -0.15) is 13.2 Å². The first kappa shape index (κ1) is 15.0. The molecule has 2 rings (SSSR count). The Morgan fingerprint density at radius 3 is 2.29 bits per heavy atom. The molecule has 0 N–H and O–H groups in total. The third-order valence-electron chi connectivity index (χ3n) is 2.66. The zero-order valence-corrected chi connectivity index (χ0v) is 10.6. The highest BCUT2D eigenvalue weighted by atomic mass is 19.4. The van der Waals surface area contributed by atoms with Gasteiger partial charge in [-0.15, -0.1) is 0 Å². The molecule has 0 heterocycles. The van der Waals surface area contributed by atoms with Gasteiger partial charge in [-0.3, -0.25) is 0 Å². The van der Waals surface area contributed by atoms with Crippen molar-refractivity contribution in [2.75, 3.05) is 0 Å². The van der Waals surface area contributed by atoms with Crippen molar-refractivity contribution in [3.05, 3.63) is 65.7 Å². The summed E-state index contributed by atoms with van der Waals surface area (Å²) in [6.45, 7) is 0. The molecule has 1 atom stereocenters. The second-order valence-electron chi connectivity index (χ2n) is 4.23. The molecule has 0 spiro atoms. The van der Waals surface area contributed by atoms with Gasteiger partial charge in [0.25, 0.3) is 0 Å². The molecule has 0 bridgehead atoms. The van der Waals surface area contributed by atoms with E-state index in [1.54, 1.807) is 18.2 Å². The minimum atomic E-state index is -5.01. The van der Waals surface area contributed by atoms with Crippen LogP contribution >= 0.6 is 0 Å². The number of esters is 1. The van der Waals surface area contributed by atoms with Crippen molar-refractivity contribution >= 4 is 5.97 Å². The van der Waals surface area contributed by atoms with E-state index in [-0.39, 0.29) is 11.3 Å².